The molecule has 114 valence electrons. The first-order valence-corrected chi connectivity index (χ1v) is 7.01. The summed E-state index contributed by atoms with van der Waals surface area (Å²) in [6.07, 6.45) is 0.522. The Kier molecular flexibility index (Phi) is 4.93. The number of carbonyl (C=O) groups is 2. The van der Waals surface area contributed by atoms with Gasteiger partial charge < -0.3 is 21.1 Å². The van der Waals surface area contributed by atoms with Crippen molar-refractivity contribution < 1.29 is 14.3 Å². The molecular formula is C15H21N3O3. The van der Waals surface area contributed by atoms with E-state index >= 15 is 0 Å². The molecule has 2 amide bonds. The first-order chi connectivity index (χ1) is 10.0. The van der Waals surface area contributed by atoms with Gasteiger partial charge in [-0.1, -0.05) is 17.7 Å². The third-order valence-electron chi connectivity index (χ3n) is 3.51. The molecule has 1 fully saturated rings. The normalized spacial score (nSPS) is 21.0. The Morgan fingerprint density at radius 1 is 1.24 bits per heavy atom. The standard InChI is InChI=1S/C15H21N3O3/c1-11-2-4-12(5-3-11)13(19)17-7-8-18-14(20)15(16)6-9-21-10-15/h2-5H,6-10,16H2,1H3,(H,17,19)(H,18,20). The molecule has 1 aromatic rings. The number of carbonyl (C=O) groups excluding carboxylic acids is 2. The lowest BCUT2D eigenvalue weighted by molar-refractivity contribution is -0.126. The van der Waals surface area contributed by atoms with E-state index in [1.54, 1.807) is 12.1 Å². The van der Waals surface area contributed by atoms with Crippen molar-refractivity contribution in [2.75, 3.05) is 26.3 Å². The maximum Gasteiger partial charge on any atom is 0.251 e. The Balaban J connectivity index is 1.71. The summed E-state index contributed by atoms with van der Waals surface area (Å²) in [5.74, 6) is -0.388. The van der Waals surface area contributed by atoms with Crippen molar-refractivity contribution in [1.29, 1.82) is 0 Å². The van der Waals surface area contributed by atoms with Gasteiger partial charge in [0.15, 0.2) is 0 Å². The average molecular weight is 291 g/mol. The summed E-state index contributed by atoms with van der Waals surface area (Å²) < 4.78 is 5.14. The van der Waals surface area contributed by atoms with Gasteiger partial charge in [-0.3, -0.25) is 9.59 Å². The van der Waals surface area contributed by atoms with Crippen LogP contribution in [0.25, 0.3) is 0 Å². The third kappa shape index (κ3) is 4.03. The Labute approximate surface area is 124 Å². The summed E-state index contributed by atoms with van der Waals surface area (Å²) in [6, 6.07) is 7.31. The number of ether oxygens (including phenoxy) is 1. The van der Waals surface area contributed by atoms with Crippen LogP contribution in [0, 0.1) is 6.92 Å². The molecule has 6 nitrogen and oxygen atoms in total. The summed E-state index contributed by atoms with van der Waals surface area (Å²) in [7, 11) is 0. The SMILES string of the molecule is Cc1ccc(C(=O)NCCNC(=O)C2(N)CCOC2)cc1. The molecule has 21 heavy (non-hydrogen) atoms. The minimum absolute atomic E-state index is 0.157. The van der Waals surface area contributed by atoms with Gasteiger partial charge in [-0.15, -0.1) is 0 Å². The van der Waals surface area contributed by atoms with Crippen LogP contribution in [0.15, 0.2) is 24.3 Å². The van der Waals surface area contributed by atoms with Crippen LogP contribution in [-0.2, 0) is 9.53 Å². The van der Waals surface area contributed by atoms with E-state index in [1.807, 2.05) is 19.1 Å². The Morgan fingerprint density at radius 3 is 2.52 bits per heavy atom. The average Bonchev–Trinajstić information content (AvgIpc) is 2.92. The second kappa shape index (κ2) is 6.69. The van der Waals surface area contributed by atoms with Crippen LogP contribution in [0.2, 0.25) is 0 Å². The van der Waals surface area contributed by atoms with Crippen molar-refractivity contribution >= 4 is 11.8 Å². The summed E-state index contributed by atoms with van der Waals surface area (Å²) in [4.78, 5) is 23.7. The molecule has 0 aliphatic carbocycles. The fraction of sp³-hybridized carbons (Fsp3) is 0.467. The van der Waals surface area contributed by atoms with E-state index in [0.717, 1.165) is 5.56 Å². The number of nitrogens with two attached hydrogens (primary N) is 1. The van der Waals surface area contributed by atoms with Crippen LogP contribution in [0.5, 0.6) is 0 Å². The van der Waals surface area contributed by atoms with E-state index < -0.39 is 5.54 Å². The van der Waals surface area contributed by atoms with E-state index in [1.165, 1.54) is 0 Å². The van der Waals surface area contributed by atoms with E-state index in [-0.39, 0.29) is 18.4 Å². The van der Waals surface area contributed by atoms with Crippen molar-refractivity contribution in [2.45, 2.75) is 18.9 Å². The first kappa shape index (κ1) is 15.5. The number of nitrogens with one attached hydrogen (secondary N) is 2. The molecular weight excluding hydrogens is 270 g/mol. The highest BCUT2D eigenvalue weighted by atomic mass is 16.5. The molecule has 0 saturated carbocycles. The van der Waals surface area contributed by atoms with E-state index in [2.05, 4.69) is 10.6 Å². The Bertz CT molecular complexity index is 507. The lowest BCUT2D eigenvalue weighted by Gasteiger charge is -2.20. The van der Waals surface area contributed by atoms with Crippen molar-refractivity contribution in [1.82, 2.24) is 10.6 Å². The number of hydrogen-bond donors (Lipinski definition) is 3. The maximum atomic E-state index is 11.9. The molecule has 1 atom stereocenters. The van der Waals surface area contributed by atoms with Gasteiger partial charge in [0.2, 0.25) is 5.91 Å². The molecule has 2 rings (SSSR count). The van der Waals surface area contributed by atoms with Gasteiger partial charge in [-0.05, 0) is 25.5 Å². The predicted molar refractivity (Wildman–Crippen MR) is 78.9 cm³/mol. The van der Waals surface area contributed by atoms with E-state index in [0.29, 0.717) is 31.7 Å². The summed E-state index contributed by atoms with van der Waals surface area (Å²) in [6.45, 7) is 3.42. The van der Waals surface area contributed by atoms with Crippen molar-refractivity contribution in [3.63, 3.8) is 0 Å². The van der Waals surface area contributed by atoms with Crippen LogP contribution in [-0.4, -0.2) is 43.7 Å². The Morgan fingerprint density at radius 2 is 1.90 bits per heavy atom. The quantitative estimate of drug-likeness (QED) is 0.664. The minimum Gasteiger partial charge on any atom is -0.379 e. The van der Waals surface area contributed by atoms with Gasteiger partial charge in [-0.2, -0.15) is 0 Å². The smallest absolute Gasteiger partial charge is 0.251 e. The third-order valence-corrected chi connectivity index (χ3v) is 3.51. The van der Waals surface area contributed by atoms with E-state index in [9.17, 15) is 9.59 Å². The molecule has 6 heteroatoms. The number of amides is 2. The molecule has 1 aliphatic heterocycles. The summed E-state index contributed by atoms with van der Waals surface area (Å²) in [5.41, 5.74) is 6.70. The molecule has 0 radical (unpaired) electrons. The van der Waals surface area contributed by atoms with Gasteiger partial charge >= 0.3 is 0 Å². The zero-order chi connectivity index (χ0) is 15.3. The van der Waals surface area contributed by atoms with Crippen LogP contribution in [0.1, 0.15) is 22.3 Å². The van der Waals surface area contributed by atoms with Gasteiger partial charge in [0, 0.05) is 25.3 Å². The van der Waals surface area contributed by atoms with Crippen molar-refractivity contribution in [2.24, 2.45) is 5.73 Å². The highest BCUT2D eigenvalue weighted by Gasteiger charge is 2.37. The van der Waals surface area contributed by atoms with Gasteiger partial charge in [0.25, 0.3) is 5.91 Å². The zero-order valence-corrected chi connectivity index (χ0v) is 12.1. The molecule has 4 N–H and O–H groups in total. The monoisotopic (exact) mass is 291 g/mol. The number of rotatable bonds is 5. The molecule has 1 aromatic carbocycles. The molecule has 0 bridgehead atoms. The highest BCUT2D eigenvalue weighted by Crippen LogP contribution is 2.14. The fourth-order valence-corrected chi connectivity index (χ4v) is 2.09. The van der Waals surface area contributed by atoms with Crippen molar-refractivity contribution in [3.8, 4) is 0 Å². The number of hydrogen-bond acceptors (Lipinski definition) is 4. The van der Waals surface area contributed by atoms with Crippen molar-refractivity contribution in [3.05, 3.63) is 35.4 Å². The lowest BCUT2D eigenvalue weighted by Crippen LogP contribution is -2.55. The van der Waals surface area contributed by atoms with Crippen LogP contribution in [0.4, 0.5) is 0 Å². The highest BCUT2D eigenvalue weighted by molar-refractivity contribution is 5.94. The minimum atomic E-state index is -0.930. The number of aryl methyl sites for hydroxylation is 1. The summed E-state index contributed by atoms with van der Waals surface area (Å²) >= 11 is 0. The fourth-order valence-electron chi connectivity index (χ4n) is 2.09. The molecule has 1 heterocycles. The topological polar surface area (TPSA) is 93.5 Å². The molecule has 0 spiro atoms. The molecule has 1 aliphatic rings. The molecule has 0 aromatic heterocycles. The van der Waals surface area contributed by atoms with Crippen LogP contribution < -0.4 is 16.4 Å². The summed E-state index contributed by atoms with van der Waals surface area (Å²) in [5, 5.41) is 5.47. The van der Waals surface area contributed by atoms with Gasteiger partial charge in [-0.25, -0.2) is 0 Å². The first-order valence-electron chi connectivity index (χ1n) is 7.01. The molecule has 1 saturated heterocycles. The largest absolute Gasteiger partial charge is 0.379 e. The maximum absolute atomic E-state index is 11.9. The van der Waals surface area contributed by atoms with Crippen LogP contribution >= 0.6 is 0 Å². The van der Waals surface area contributed by atoms with E-state index in [4.69, 9.17) is 10.5 Å². The second-order valence-corrected chi connectivity index (χ2v) is 5.34. The molecule has 1 unspecified atom stereocenters. The van der Waals surface area contributed by atoms with Gasteiger partial charge in [0.05, 0.1) is 6.61 Å². The Hall–Kier alpha value is -1.92. The second-order valence-electron chi connectivity index (χ2n) is 5.34. The number of benzene rings is 1. The van der Waals surface area contributed by atoms with Crippen LogP contribution in [0.3, 0.4) is 0 Å². The predicted octanol–water partition coefficient (Wildman–Crippen LogP) is -0.0412. The lowest BCUT2D eigenvalue weighted by atomic mass is 9.99. The van der Waals surface area contributed by atoms with Gasteiger partial charge in [0.1, 0.15) is 5.54 Å². The zero-order valence-electron chi connectivity index (χ0n) is 12.1.